The van der Waals surface area contributed by atoms with Gasteiger partial charge in [-0.05, 0) is 6.07 Å². The number of aromatic nitrogens is 2. The molecular formula is C19H10ClF4N3OS. The van der Waals surface area contributed by atoms with E-state index in [-0.39, 0.29) is 16.8 Å². The first kappa shape index (κ1) is 19.4. The van der Waals surface area contributed by atoms with Crippen LogP contribution in [0.5, 0.6) is 0 Å². The highest BCUT2D eigenvalue weighted by molar-refractivity contribution is 7.21. The third kappa shape index (κ3) is 3.58. The molecule has 0 fully saturated rings. The highest BCUT2D eigenvalue weighted by atomic mass is 35.5. The number of rotatable bonds is 4. The van der Waals surface area contributed by atoms with Gasteiger partial charge in [0.15, 0.2) is 29.1 Å². The number of nitrogens with zero attached hydrogens (tertiary/aromatic N) is 2. The second kappa shape index (κ2) is 7.49. The van der Waals surface area contributed by atoms with E-state index in [2.05, 4.69) is 10.4 Å². The molecule has 0 bridgehead atoms. The molecule has 4 aromatic rings. The summed E-state index contributed by atoms with van der Waals surface area (Å²) in [6.45, 7) is -0.564. The maximum absolute atomic E-state index is 13.8. The minimum absolute atomic E-state index is 0.0845. The number of benzene rings is 2. The molecule has 4 rings (SSSR count). The summed E-state index contributed by atoms with van der Waals surface area (Å²) < 4.78 is 56.2. The quantitative estimate of drug-likeness (QED) is 0.332. The maximum atomic E-state index is 13.8. The van der Waals surface area contributed by atoms with Crippen molar-refractivity contribution in [1.82, 2.24) is 9.78 Å². The monoisotopic (exact) mass is 439 g/mol. The van der Waals surface area contributed by atoms with Crippen molar-refractivity contribution in [1.29, 1.82) is 0 Å². The molecule has 0 aliphatic carbocycles. The van der Waals surface area contributed by atoms with Crippen LogP contribution in [0.2, 0.25) is 5.02 Å². The summed E-state index contributed by atoms with van der Waals surface area (Å²) >= 11 is 7.47. The van der Waals surface area contributed by atoms with Crippen LogP contribution < -0.4 is 5.32 Å². The largest absolute Gasteiger partial charge is 0.304 e. The fourth-order valence-corrected chi connectivity index (χ4v) is 4.19. The third-order valence-corrected chi connectivity index (χ3v) is 5.82. The first-order chi connectivity index (χ1) is 13.8. The van der Waals surface area contributed by atoms with Crippen molar-refractivity contribution in [3.63, 3.8) is 0 Å². The second-order valence-electron chi connectivity index (χ2n) is 6.04. The number of fused-ring (bicyclic) bond motifs is 1. The van der Waals surface area contributed by atoms with Crippen molar-refractivity contribution >= 4 is 44.7 Å². The second-order valence-corrected chi connectivity index (χ2v) is 7.47. The van der Waals surface area contributed by atoms with Gasteiger partial charge in [-0.25, -0.2) is 17.6 Å². The van der Waals surface area contributed by atoms with Crippen LogP contribution in [-0.2, 0) is 6.54 Å². The van der Waals surface area contributed by atoms with Crippen LogP contribution in [0.25, 0.3) is 10.1 Å². The van der Waals surface area contributed by atoms with Crippen molar-refractivity contribution in [3.05, 3.63) is 81.3 Å². The molecule has 4 nitrogen and oxygen atoms in total. The Kier molecular flexibility index (Phi) is 5.01. The van der Waals surface area contributed by atoms with Crippen molar-refractivity contribution in [3.8, 4) is 0 Å². The Morgan fingerprint density at radius 2 is 1.79 bits per heavy atom. The molecule has 0 spiro atoms. The standard InChI is InChI=1S/C19H10ClF4N3OS/c20-15-9-3-1-2-4-13(9)29-18(15)19(28)25-14-5-6-27(26-14)8-10-16(23)11(21)7-12(22)17(10)24/h1-7H,8H2,(H,25,26,28). The Morgan fingerprint density at radius 3 is 2.48 bits per heavy atom. The van der Waals surface area contributed by atoms with Crippen LogP contribution in [0.4, 0.5) is 23.4 Å². The molecule has 0 saturated heterocycles. The molecule has 1 N–H and O–H groups in total. The van der Waals surface area contributed by atoms with Gasteiger partial charge in [0.2, 0.25) is 0 Å². The summed E-state index contributed by atoms with van der Waals surface area (Å²) in [7, 11) is 0. The molecule has 2 aromatic carbocycles. The molecule has 0 atom stereocenters. The van der Waals surface area contributed by atoms with Crippen LogP contribution in [0, 0.1) is 23.3 Å². The van der Waals surface area contributed by atoms with E-state index in [0.29, 0.717) is 5.02 Å². The summed E-state index contributed by atoms with van der Waals surface area (Å²) in [5, 5.41) is 7.55. The molecule has 0 unspecified atom stereocenters. The van der Waals surface area contributed by atoms with Crippen LogP contribution >= 0.6 is 22.9 Å². The average Bonchev–Trinajstić information content (AvgIpc) is 3.28. The smallest absolute Gasteiger partial charge is 0.268 e. The van der Waals surface area contributed by atoms with E-state index in [0.717, 1.165) is 14.8 Å². The van der Waals surface area contributed by atoms with E-state index in [1.165, 1.54) is 23.6 Å². The van der Waals surface area contributed by atoms with Gasteiger partial charge in [-0.1, -0.05) is 29.8 Å². The Bertz CT molecular complexity index is 1230. The predicted octanol–water partition coefficient (Wildman–Crippen LogP) is 5.61. The van der Waals surface area contributed by atoms with Crippen molar-refractivity contribution in [2.24, 2.45) is 0 Å². The van der Waals surface area contributed by atoms with Gasteiger partial charge in [-0.3, -0.25) is 9.48 Å². The summed E-state index contributed by atoms with van der Waals surface area (Å²) in [4.78, 5) is 12.8. The third-order valence-electron chi connectivity index (χ3n) is 4.15. The lowest BCUT2D eigenvalue weighted by Gasteiger charge is -2.07. The number of hydrogen-bond donors (Lipinski definition) is 1. The number of amides is 1. The van der Waals surface area contributed by atoms with Crippen molar-refractivity contribution in [2.75, 3.05) is 5.32 Å². The first-order valence-corrected chi connectivity index (χ1v) is 9.38. The molecule has 29 heavy (non-hydrogen) atoms. The number of hydrogen-bond acceptors (Lipinski definition) is 3. The van der Waals surface area contributed by atoms with Gasteiger partial charge >= 0.3 is 0 Å². The van der Waals surface area contributed by atoms with Gasteiger partial charge in [-0.15, -0.1) is 11.3 Å². The van der Waals surface area contributed by atoms with Gasteiger partial charge in [0.05, 0.1) is 17.1 Å². The number of carbonyl (C=O) groups is 1. The summed E-state index contributed by atoms with van der Waals surface area (Å²) in [5.74, 6) is -6.42. The number of nitrogens with one attached hydrogen (secondary N) is 1. The van der Waals surface area contributed by atoms with Crippen LogP contribution in [0.15, 0.2) is 42.6 Å². The highest BCUT2D eigenvalue weighted by Crippen LogP contribution is 2.35. The first-order valence-electron chi connectivity index (χ1n) is 8.19. The zero-order valence-corrected chi connectivity index (χ0v) is 15.9. The molecule has 0 aliphatic rings. The molecule has 1 amide bonds. The van der Waals surface area contributed by atoms with Crippen molar-refractivity contribution < 1.29 is 22.4 Å². The number of thiophene rings is 1. The Morgan fingerprint density at radius 1 is 1.10 bits per heavy atom. The highest BCUT2D eigenvalue weighted by Gasteiger charge is 2.21. The zero-order chi connectivity index (χ0) is 20.7. The Labute approximate surface area is 170 Å². The van der Waals surface area contributed by atoms with E-state index in [1.54, 1.807) is 12.1 Å². The van der Waals surface area contributed by atoms with Gasteiger partial charge in [-0.2, -0.15) is 5.10 Å². The van der Waals surface area contributed by atoms with Crippen LogP contribution in [0.3, 0.4) is 0 Å². The lowest BCUT2D eigenvalue weighted by Crippen LogP contribution is -2.12. The fraction of sp³-hybridized carbons (Fsp3) is 0.0526. The minimum Gasteiger partial charge on any atom is -0.304 e. The van der Waals surface area contributed by atoms with Gasteiger partial charge in [0, 0.05) is 28.4 Å². The Hall–Kier alpha value is -2.91. The molecule has 2 aromatic heterocycles. The predicted molar refractivity (Wildman–Crippen MR) is 102 cm³/mol. The lowest BCUT2D eigenvalue weighted by atomic mass is 10.2. The summed E-state index contributed by atoms with van der Waals surface area (Å²) in [6, 6.07) is 8.77. The molecule has 10 heteroatoms. The van der Waals surface area contributed by atoms with Gasteiger partial charge in [0.25, 0.3) is 5.91 Å². The van der Waals surface area contributed by atoms with E-state index in [1.807, 2.05) is 12.1 Å². The molecule has 2 heterocycles. The van der Waals surface area contributed by atoms with Crippen LogP contribution in [0.1, 0.15) is 15.2 Å². The molecule has 148 valence electrons. The van der Waals surface area contributed by atoms with E-state index >= 15 is 0 Å². The topological polar surface area (TPSA) is 46.9 Å². The number of anilines is 1. The number of carbonyl (C=O) groups excluding carboxylic acids is 1. The maximum Gasteiger partial charge on any atom is 0.268 e. The zero-order valence-electron chi connectivity index (χ0n) is 14.3. The molecule has 0 saturated carbocycles. The normalized spacial score (nSPS) is 11.2. The molecule has 0 aliphatic heterocycles. The van der Waals surface area contributed by atoms with Gasteiger partial charge < -0.3 is 5.32 Å². The summed E-state index contributed by atoms with van der Waals surface area (Å²) in [5.41, 5.74) is -0.809. The van der Waals surface area contributed by atoms with Crippen LogP contribution in [-0.4, -0.2) is 15.7 Å². The fourth-order valence-electron chi connectivity index (χ4n) is 2.77. The van der Waals surface area contributed by atoms with E-state index in [4.69, 9.17) is 11.6 Å². The minimum atomic E-state index is -1.50. The average molecular weight is 440 g/mol. The SMILES string of the molecule is O=C(Nc1ccn(Cc2c(F)c(F)cc(F)c2F)n1)c1sc2ccccc2c1Cl. The molecular weight excluding hydrogens is 430 g/mol. The number of halogens is 5. The Balaban J connectivity index is 1.56. The van der Waals surface area contributed by atoms with E-state index < -0.39 is 41.3 Å². The van der Waals surface area contributed by atoms with Gasteiger partial charge in [0.1, 0.15) is 4.88 Å². The van der Waals surface area contributed by atoms with Crippen molar-refractivity contribution in [2.45, 2.75) is 6.54 Å². The molecule has 0 radical (unpaired) electrons. The lowest BCUT2D eigenvalue weighted by molar-refractivity contribution is 0.103. The summed E-state index contributed by atoms with van der Waals surface area (Å²) in [6.07, 6.45) is 1.31. The van der Waals surface area contributed by atoms with E-state index in [9.17, 15) is 22.4 Å².